The highest BCUT2D eigenvalue weighted by molar-refractivity contribution is 7.10. The van der Waals surface area contributed by atoms with E-state index in [0.29, 0.717) is 13.1 Å². The van der Waals surface area contributed by atoms with E-state index in [2.05, 4.69) is 46.0 Å². The Labute approximate surface area is 162 Å². The summed E-state index contributed by atoms with van der Waals surface area (Å²) in [6.07, 6.45) is 1.03. The van der Waals surface area contributed by atoms with E-state index in [1.807, 2.05) is 41.5 Å². The van der Waals surface area contributed by atoms with Gasteiger partial charge >= 0.3 is 0 Å². The number of thiophene rings is 2. The highest BCUT2D eigenvalue weighted by Crippen LogP contribution is 2.39. The fourth-order valence-corrected chi connectivity index (χ4v) is 5.34. The Bertz CT molecular complexity index is 857. The van der Waals surface area contributed by atoms with E-state index in [9.17, 15) is 4.79 Å². The average molecular weight is 383 g/mol. The summed E-state index contributed by atoms with van der Waals surface area (Å²) in [5.41, 5.74) is 2.54. The molecular weight excluding hydrogens is 360 g/mol. The summed E-state index contributed by atoms with van der Waals surface area (Å²) in [5.74, 6) is 0.175. The number of carbonyl (C=O) groups excluding carboxylic acids is 1. The van der Waals surface area contributed by atoms with Crippen molar-refractivity contribution in [1.29, 1.82) is 0 Å². The zero-order valence-electron chi connectivity index (χ0n) is 14.8. The van der Waals surface area contributed by atoms with E-state index in [1.54, 1.807) is 11.3 Å². The first-order valence-corrected chi connectivity index (χ1v) is 10.6. The predicted molar refractivity (Wildman–Crippen MR) is 109 cm³/mol. The molecule has 1 atom stereocenters. The first-order valence-electron chi connectivity index (χ1n) is 8.84. The van der Waals surface area contributed by atoms with E-state index in [4.69, 9.17) is 0 Å². The minimum atomic E-state index is 0.175. The zero-order valence-corrected chi connectivity index (χ0v) is 16.4. The molecule has 3 nitrogen and oxygen atoms in total. The molecule has 0 saturated carbocycles. The molecule has 3 aromatic rings. The van der Waals surface area contributed by atoms with Gasteiger partial charge in [0.25, 0.3) is 0 Å². The smallest absolute Gasteiger partial charge is 0.236 e. The molecule has 1 aromatic carbocycles. The maximum absolute atomic E-state index is 12.9. The average Bonchev–Trinajstić information content (AvgIpc) is 3.34. The van der Waals surface area contributed by atoms with E-state index >= 15 is 0 Å². The van der Waals surface area contributed by atoms with Crippen molar-refractivity contribution in [3.63, 3.8) is 0 Å². The Balaban J connectivity index is 1.50. The third-order valence-corrected chi connectivity index (χ3v) is 6.83. The summed E-state index contributed by atoms with van der Waals surface area (Å²) in [7, 11) is 1.90. The van der Waals surface area contributed by atoms with Crippen molar-refractivity contribution >= 4 is 28.6 Å². The fraction of sp³-hybridized carbons (Fsp3) is 0.286. The van der Waals surface area contributed by atoms with Crippen molar-refractivity contribution in [2.75, 3.05) is 20.1 Å². The van der Waals surface area contributed by atoms with Crippen molar-refractivity contribution in [2.45, 2.75) is 19.0 Å². The lowest BCUT2D eigenvalue weighted by Crippen LogP contribution is -2.42. The summed E-state index contributed by atoms with van der Waals surface area (Å²) in [5, 5.41) is 4.30. The standard InChI is InChI=1S/C21H22N2OS2/c1-22(14-16-6-3-2-4-7-16)20(24)15-23-11-9-18-17(10-13-26-18)21(23)19-8-5-12-25-19/h2-8,10,12-13,21H,9,11,14-15H2,1H3/t21-/m1/s1. The number of fused-ring (bicyclic) bond motifs is 1. The maximum atomic E-state index is 12.9. The zero-order chi connectivity index (χ0) is 17.9. The van der Waals surface area contributed by atoms with Crippen LogP contribution in [0, 0.1) is 0 Å². The van der Waals surface area contributed by atoms with Crippen LogP contribution in [-0.4, -0.2) is 35.8 Å². The maximum Gasteiger partial charge on any atom is 0.236 e. The number of rotatable bonds is 5. The van der Waals surface area contributed by atoms with Gasteiger partial charge in [0.15, 0.2) is 0 Å². The van der Waals surface area contributed by atoms with Crippen LogP contribution in [0.5, 0.6) is 0 Å². The van der Waals surface area contributed by atoms with Gasteiger partial charge in [0.1, 0.15) is 0 Å². The van der Waals surface area contributed by atoms with Crippen LogP contribution in [-0.2, 0) is 17.8 Å². The molecule has 5 heteroatoms. The normalized spacial score (nSPS) is 17.0. The van der Waals surface area contributed by atoms with Crippen molar-refractivity contribution < 1.29 is 4.79 Å². The Hall–Kier alpha value is -1.95. The van der Waals surface area contributed by atoms with Crippen LogP contribution >= 0.6 is 22.7 Å². The fourth-order valence-electron chi connectivity index (χ4n) is 3.56. The highest BCUT2D eigenvalue weighted by Gasteiger charge is 2.31. The molecule has 0 aliphatic carbocycles. The molecule has 0 spiro atoms. The third-order valence-electron chi connectivity index (χ3n) is 4.91. The molecule has 26 heavy (non-hydrogen) atoms. The number of hydrogen-bond acceptors (Lipinski definition) is 4. The lowest BCUT2D eigenvalue weighted by molar-refractivity contribution is -0.132. The van der Waals surface area contributed by atoms with Gasteiger partial charge in [-0.2, -0.15) is 0 Å². The second kappa shape index (κ2) is 7.74. The number of nitrogens with zero attached hydrogens (tertiary/aromatic N) is 2. The van der Waals surface area contributed by atoms with Crippen LogP contribution in [0.15, 0.2) is 59.3 Å². The first-order chi connectivity index (χ1) is 12.7. The Morgan fingerprint density at radius 3 is 2.73 bits per heavy atom. The molecule has 0 N–H and O–H groups in total. The van der Waals surface area contributed by atoms with Crippen molar-refractivity contribution in [3.05, 3.63) is 80.2 Å². The SMILES string of the molecule is CN(Cc1ccccc1)C(=O)CN1CCc2sccc2[C@@H]1c1cccs1. The second-order valence-corrected chi connectivity index (χ2v) is 8.65. The molecule has 4 rings (SSSR count). The summed E-state index contributed by atoms with van der Waals surface area (Å²) < 4.78 is 0. The summed E-state index contributed by atoms with van der Waals surface area (Å²) >= 11 is 3.61. The monoisotopic (exact) mass is 382 g/mol. The van der Waals surface area contributed by atoms with Gasteiger partial charge < -0.3 is 4.90 Å². The highest BCUT2D eigenvalue weighted by atomic mass is 32.1. The molecule has 0 radical (unpaired) electrons. The molecule has 1 aliphatic heterocycles. The van der Waals surface area contributed by atoms with Crippen LogP contribution in [0.3, 0.4) is 0 Å². The molecule has 3 heterocycles. The van der Waals surface area contributed by atoms with E-state index < -0.39 is 0 Å². The second-order valence-electron chi connectivity index (χ2n) is 6.67. The lowest BCUT2D eigenvalue weighted by atomic mass is 9.98. The first kappa shape index (κ1) is 17.5. The van der Waals surface area contributed by atoms with Gasteiger partial charge in [0.05, 0.1) is 12.6 Å². The van der Waals surface area contributed by atoms with Gasteiger partial charge in [-0.3, -0.25) is 9.69 Å². The van der Waals surface area contributed by atoms with E-state index in [-0.39, 0.29) is 11.9 Å². The predicted octanol–water partition coefficient (Wildman–Crippen LogP) is 4.42. The minimum absolute atomic E-state index is 0.175. The van der Waals surface area contributed by atoms with Crippen molar-refractivity contribution in [2.24, 2.45) is 0 Å². The lowest BCUT2D eigenvalue weighted by Gasteiger charge is -2.35. The summed E-state index contributed by atoms with van der Waals surface area (Å²) in [6.45, 7) is 2.04. The number of benzene rings is 1. The van der Waals surface area contributed by atoms with Gasteiger partial charge in [0.2, 0.25) is 5.91 Å². The quantitative estimate of drug-likeness (QED) is 0.652. The molecule has 2 aromatic heterocycles. The van der Waals surface area contributed by atoms with Crippen molar-refractivity contribution in [3.8, 4) is 0 Å². The summed E-state index contributed by atoms with van der Waals surface area (Å²) in [4.78, 5) is 19.8. The van der Waals surface area contributed by atoms with Crippen LogP contribution < -0.4 is 0 Å². The Morgan fingerprint density at radius 1 is 1.12 bits per heavy atom. The van der Waals surface area contributed by atoms with Gasteiger partial charge in [-0.1, -0.05) is 36.4 Å². The number of carbonyl (C=O) groups is 1. The number of hydrogen-bond donors (Lipinski definition) is 0. The largest absolute Gasteiger partial charge is 0.340 e. The van der Waals surface area contributed by atoms with E-state index in [0.717, 1.165) is 18.5 Å². The Kier molecular flexibility index (Phi) is 5.20. The van der Waals surface area contributed by atoms with Crippen LogP contribution in [0.25, 0.3) is 0 Å². The number of likely N-dealkylation sites (N-methyl/N-ethyl adjacent to an activating group) is 1. The van der Waals surface area contributed by atoms with Crippen molar-refractivity contribution in [1.82, 2.24) is 9.80 Å². The third kappa shape index (κ3) is 3.61. The molecule has 0 fully saturated rings. The van der Waals surface area contributed by atoms with Gasteiger partial charge in [-0.25, -0.2) is 0 Å². The van der Waals surface area contributed by atoms with Crippen LogP contribution in [0.4, 0.5) is 0 Å². The molecule has 1 amide bonds. The number of amides is 1. The summed E-state index contributed by atoms with van der Waals surface area (Å²) in [6, 6.07) is 16.9. The van der Waals surface area contributed by atoms with E-state index in [1.165, 1.54) is 15.3 Å². The molecule has 0 saturated heterocycles. The van der Waals surface area contributed by atoms with Gasteiger partial charge in [-0.15, -0.1) is 22.7 Å². The molecule has 134 valence electrons. The van der Waals surface area contributed by atoms with Crippen LogP contribution in [0.1, 0.15) is 26.9 Å². The van der Waals surface area contributed by atoms with Gasteiger partial charge in [-0.05, 0) is 40.4 Å². The minimum Gasteiger partial charge on any atom is -0.340 e. The molecule has 0 bridgehead atoms. The molecular formula is C21H22N2OS2. The van der Waals surface area contributed by atoms with Crippen LogP contribution in [0.2, 0.25) is 0 Å². The molecule has 1 aliphatic rings. The molecule has 0 unspecified atom stereocenters. The van der Waals surface area contributed by atoms with Gasteiger partial charge in [0, 0.05) is 29.9 Å². The topological polar surface area (TPSA) is 23.6 Å². The Morgan fingerprint density at radius 2 is 1.96 bits per heavy atom.